The van der Waals surface area contributed by atoms with Gasteiger partial charge in [-0.15, -0.1) is 0 Å². The summed E-state index contributed by atoms with van der Waals surface area (Å²) in [5.41, 5.74) is 8.71. The molecule has 3 heterocycles. The van der Waals surface area contributed by atoms with Crippen LogP contribution in [0, 0.1) is 11.8 Å². The molecule has 9 N–H and O–H groups in total. The van der Waals surface area contributed by atoms with Crippen LogP contribution in [0.3, 0.4) is 0 Å². The number of fused-ring (bicyclic) bond motifs is 3. The van der Waals surface area contributed by atoms with E-state index in [2.05, 4.69) is 21.3 Å². The second-order valence-corrected chi connectivity index (χ2v) is 24.5. The SMILES string of the molecule is CCC(O)C(C)[C@H]1O[C@@H]1CC(C)(O)/C=C/C=C(\C)[C@H]1OC(=O)C[C@H](O)CC[C@@](C)(OC)[C@@H](OC(=O)N2CCN(C(=O)OCc3ccc(NC(=O)C(CC(N)=O)NC(=O)C(C)NC(=O)C(C)NC(=O)OCC4c5ccccc5-c5ccccc54)cc3)CC2)/C=C/[C@@H]1C. The number of carbonyl (C=O) groups is 8. The number of nitrogens with two attached hydrogens (primary N) is 1. The third-order valence-electron chi connectivity index (χ3n) is 17.3. The lowest BCUT2D eigenvalue weighted by Gasteiger charge is -2.38. The Kier molecular flexibility index (Phi) is 24.5. The first-order valence-electron chi connectivity index (χ1n) is 31.0. The van der Waals surface area contributed by atoms with Gasteiger partial charge in [-0.25, -0.2) is 14.4 Å². The molecule has 0 bridgehead atoms. The number of allylic oxidation sites excluding steroid dienone is 2. The number of hydrogen-bond acceptors (Lipinski definition) is 17. The summed E-state index contributed by atoms with van der Waals surface area (Å²) in [7, 11) is 1.48. The molecule has 7 rings (SSSR count). The number of primary amides is 1. The second-order valence-electron chi connectivity index (χ2n) is 24.5. The zero-order chi connectivity index (χ0) is 66.3. The lowest BCUT2D eigenvalue weighted by molar-refractivity contribution is -0.151. The summed E-state index contributed by atoms with van der Waals surface area (Å²) < 4.78 is 35.0. The zero-order valence-corrected chi connectivity index (χ0v) is 53.3. The Morgan fingerprint density at radius 3 is 2.07 bits per heavy atom. The molecule has 0 spiro atoms. The van der Waals surface area contributed by atoms with Crippen LogP contribution in [-0.2, 0) is 59.0 Å². The van der Waals surface area contributed by atoms with E-state index in [1.165, 1.54) is 42.9 Å². The second kappa shape index (κ2) is 31.7. The molecule has 6 unspecified atom stereocenters. The molecule has 0 aromatic heterocycles. The molecule has 494 valence electrons. The fourth-order valence-corrected chi connectivity index (χ4v) is 11.4. The molecule has 7 amide bonds. The van der Waals surface area contributed by atoms with Crippen LogP contribution in [0.4, 0.5) is 20.1 Å². The van der Waals surface area contributed by atoms with Gasteiger partial charge in [0.2, 0.25) is 23.6 Å². The van der Waals surface area contributed by atoms with Gasteiger partial charge in [0, 0.05) is 63.2 Å². The zero-order valence-electron chi connectivity index (χ0n) is 53.3. The lowest BCUT2D eigenvalue weighted by Crippen LogP contribution is -2.55. The van der Waals surface area contributed by atoms with Gasteiger partial charge < -0.3 is 80.5 Å². The van der Waals surface area contributed by atoms with Crippen LogP contribution in [0.15, 0.2) is 109 Å². The number of nitrogens with zero attached hydrogens (tertiary/aromatic N) is 2. The molecule has 0 radical (unpaired) electrons. The minimum Gasteiger partial charge on any atom is -0.457 e. The summed E-state index contributed by atoms with van der Waals surface area (Å²) in [4.78, 5) is 108. The number of hydrogen-bond donors (Lipinski definition) is 8. The largest absolute Gasteiger partial charge is 0.457 e. The smallest absolute Gasteiger partial charge is 0.410 e. The number of aliphatic hydroxyl groups is 3. The Labute approximate surface area is 531 Å². The summed E-state index contributed by atoms with van der Waals surface area (Å²) in [5, 5.41) is 42.5. The Morgan fingerprint density at radius 1 is 0.846 bits per heavy atom. The maximum atomic E-state index is 13.9. The van der Waals surface area contributed by atoms with Crippen LogP contribution in [0.2, 0.25) is 0 Å². The number of cyclic esters (lactones) is 1. The van der Waals surface area contributed by atoms with Gasteiger partial charge in [0.15, 0.2) is 6.10 Å². The number of anilines is 1. The van der Waals surface area contributed by atoms with Crippen molar-refractivity contribution in [1.29, 1.82) is 0 Å². The highest BCUT2D eigenvalue weighted by atomic mass is 16.6. The van der Waals surface area contributed by atoms with Gasteiger partial charge in [-0.3, -0.25) is 24.0 Å². The molecule has 3 aromatic carbocycles. The first-order chi connectivity index (χ1) is 43.2. The number of nitrogens with one attached hydrogen (secondary N) is 4. The first kappa shape index (κ1) is 70.3. The molecule has 24 nitrogen and oxygen atoms in total. The van der Waals surface area contributed by atoms with Crippen molar-refractivity contribution in [2.75, 3.05) is 45.2 Å². The number of esters is 1. The molecular formula is C67H89N7O17. The van der Waals surface area contributed by atoms with Gasteiger partial charge in [0.1, 0.15) is 43.0 Å². The molecule has 3 aromatic rings. The van der Waals surface area contributed by atoms with Crippen molar-refractivity contribution in [1.82, 2.24) is 25.8 Å². The normalized spacial score (nSPS) is 24.6. The summed E-state index contributed by atoms with van der Waals surface area (Å²) in [6, 6.07) is 18.2. The van der Waals surface area contributed by atoms with Crippen molar-refractivity contribution < 1.29 is 82.1 Å². The number of carbonyl (C=O) groups excluding carboxylic acids is 8. The van der Waals surface area contributed by atoms with Crippen LogP contribution < -0.4 is 27.0 Å². The van der Waals surface area contributed by atoms with Crippen molar-refractivity contribution in [2.24, 2.45) is 17.6 Å². The number of alkyl carbamates (subject to hydrolysis) is 1. The third-order valence-corrected chi connectivity index (χ3v) is 17.3. The quantitative estimate of drug-likeness (QED) is 0.0176. The molecule has 2 fully saturated rings. The van der Waals surface area contributed by atoms with Gasteiger partial charge in [0.25, 0.3) is 0 Å². The number of piperazine rings is 1. The van der Waals surface area contributed by atoms with Gasteiger partial charge in [-0.2, -0.15) is 0 Å². The van der Waals surface area contributed by atoms with E-state index in [4.69, 9.17) is 34.2 Å². The molecule has 2 saturated heterocycles. The number of benzene rings is 3. The van der Waals surface area contributed by atoms with E-state index in [0.717, 1.165) is 22.3 Å². The number of ether oxygens (including phenoxy) is 6. The molecule has 1 aliphatic carbocycles. The summed E-state index contributed by atoms with van der Waals surface area (Å²) in [6.07, 6.45) is 3.17. The van der Waals surface area contributed by atoms with E-state index in [1.54, 1.807) is 63.3 Å². The number of methoxy groups -OCH3 is 1. The topological polar surface area (TPSA) is 337 Å². The predicted octanol–water partition coefficient (Wildman–Crippen LogP) is 6.05. The van der Waals surface area contributed by atoms with Crippen molar-refractivity contribution in [2.45, 2.75) is 172 Å². The van der Waals surface area contributed by atoms with Crippen LogP contribution in [0.1, 0.15) is 117 Å². The van der Waals surface area contributed by atoms with E-state index in [-0.39, 0.29) is 88.4 Å². The standard InChI is InChI=1S/C67H89N7O17/c1-10-53(76)41(4)59-54(89-59)36-66(7,85)28-15-16-39(2)58-40(3)21-26-55(67(8,86-9)29-27-46(75)34-57(78)91-58)90-65(84)74-32-30-73(31-33-74)64(83)88-37-44-22-24-45(25-23-44)71-62(81)52(35-56(68)77)72-61(80)42(5)69-60(79)43(6)70-63(82)87-38-51-49-19-13-11-17-47(49)48-18-12-14-20-50(48)51/h11-26,28,40-43,46,51-55,58-59,75-76,85H,10,27,29-38H2,1-9H3,(H2,68,77)(H,69,79)(H,70,82)(H,71,81)(H,72,80)/b26-21+,28-15+,39-16+/t40-,41?,42?,43?,46+,52?,53?,54+,55-,58+,59+,66?,67+/m0/s1. The average Bonchev–Trinajstić information content (AvgIpc) is 1.64. The van der Waals surface area contributed by atoms with Crippen LogP contribution in [-0.4, -0.2) is 179 Å². The van der Waals surface area contributed by atoms with Gasteiger partial charge in [0.05, 0.1) is 42.9 Å². The third kappa shape index (κ3) is 19.4. The Hall–Kier alpha value is -8.16. The van der Waals surface area contributed by atoms with Crippen LogP contribution >= 0.6 is 0 Å². The van der Waals surface area contributed by atoms with E-state index < -0.39 is 114 Å². The molecular weight excluding hydrogens is 1170 g/mol. The number of amides is 7. The van der Waals surface area contributed by atoms with Crippen molar-refractivity contribution in [3.63, 3.8) is 0 Å². The Balaban J connectivity index is 0.854. The highest BCUT2D eigenvalue weighted by Crippen LogP contribution is 2.45. The van der Waals surface area contributed by atoms with E-state index in [0.29, 0.717) is 24.0 Å². The van der Waals surface area contributed by atoms with Gasteiger partial charge >= 0.3 is 24.2 Å². The van der Waals surface area contributed by atoms with E-state index in [1.807, 2.05) is 69.3 Å². The number of aliphatic hydroxyl groups excluding tert-OH is 2. The molecule has 13 atom stereocenters. The summed E-state index contributed by atoms with van der Waals surface area (Å²) in [6.45, 7) is 14.0. The van der Waals surface area contributed by atoms with Crippen molar-refractivity contribution in [3.8, 4) is 11.1 Å². The highest BCUT2D eigenvalue weighted by Gasteiger charge is 2.47. The summed E-state index contributed by atoms with van der Waals surface area (Å²) >= 11 is 0. The maximum Gasteiger partial charge on any atom is 0.410 e. The molecule has 0 saturated carbocycles. The van der Waals surface area contributed by atoms with Crippen LogP contribution in [0.25, 0.3) is 11.1 Å². The van der Waals surface area contributed by atoms with E-state index in [9.17, 15) is 53.7 Å². The predicted molar refractivity (Wildman–Crippen MR) is 335 cm³/mol. The molecule has 4 aliphatic rings. The van der Waals surface area contributed by atoms with Crippen molar-refractivity contribution >= 4 is 53.6 Å². The maximum absolute atomic E-state index is 13.9. The van der Waals surface area contributed by atoms with Crippen LogP contribution in [0.5, 0.6) is 0 Å². The summed E-state index contributed by atoms with van der Waals surface area (Å²) in [5.74, 6) is -4.52. The monoisotopic (exact) mass is 1260 g/mol. The minimum absolute atomic E-state index is 0.0272. The minimum atomic E-state index is -1.44. The fraction of sp³-hybridized carbons (Fsp3) is 0.522. The molecule has 3 aliphatic heterocycles. The number of rotatable bonds is 23. The Morgan fingerprint density at radius 2 is 1.45 bits per heavy atom. The average molecular weight is 1260 g/mol. The Bertz CT molecular complexity index is 3120. The molecule has 24 heteroatoms. The van der Waals surface area contributed by atoms with Crippen molar-refractivity contribution in [3.05, 3.63) is 125 Å². The lowest BCUT2D eigenvalue weighted by atomic mass is 9.88. The number of epoxide rings is 1. The first-order valence-corrected chi connectivity index (χ1v) is 31.0. The fourth-order valence-electron chi connectivity index (χ4n) is 11.4. The molecule has 91 heavy (non-hydrogen) atoms. The van der Waals surface area contributed by atoms with E-state index >= 15 is 0 Å². The van der Waals surface area contributed by atoms with Gasteiger partial charge in [-0.1, -0.05) is 106 Å². The highest BCUT2D eigenvalue weighted by molar-refractivity contribution is 6.00. The van der Waals surface area contributed by atoms with Gasteiger partial charge in [-0.05, 0) is 105 Å².